The Balaban J connectivity index is 1.74. The Bertz CT molecular complexity index is 715. The lowest BCUT2D eigenvalue weighted by molar-refractivity contribution is 0.145. The first kappa shape index (κ1) is 17.8. The van der Waals surface area contributed by atoms with Crippen LogP contribution < -0.4 is 10.2 Å². The smallest absolute Gasteiger partial charge is 0.123 e. The number of benzene rings is 2. The van der Waals surface area contributed by atoms with Crippen molar-refractivity contribution in [2.45, 2.75) is 38.5 Å². The van der Waals surface area contributed by atoms with Crippen LogP contribution in [0.3, 0.4) is 0 Å². The summed E-state index contributed by atoms with van der Waals surface area (Å²) in [4.78, 5) is 2.20. The molecule has 0 amide bonds. The Kier molecular flexibility index (Phi) is 5.66. The van der Waals surface area contributed by atoms with Gasteiger partial charge < -0.3 is 15.3 Å². The molecule has 1 aliphatic rings. The molecular formula is C20H24F2N2O. The van der Waals surface area contributed by atoms with Gasteiger partial charge in [0.25, 0.3) is 0 Å². The van der Waals surface area contributed by atoms with Gasteiger partial charge >= 0.3 is 0 Å². The van der Waals surface area contributed by atoms with Crippen LogP contribution in [-0.2, 0) is 6.54 Å². The first-order valence-corrected chi connectivity index (χ1v) is 8.73. The van der Waals surface area contributed by atoms with Gasteiger partial charge in [0.2, 0.25) is 0 Å². The van der Waals surface area contributed by atoms with Crippen molar-refractivity contribution in [2.24, 2.45) is 0 Å². The lowest BCUT2D eigenvalue weighted by Crippen LogP contribution is -2.37. The fourth-order valence-electron chi connectivity index (χ4n) is 3.29. The minimum Gasteiger partial charge on any atom is -0.393 e. The molecule has 0 spiro atoms. The minimum absolute atomic E-state index is 0.0826. The van der Waals surface area contributed by atoms with Crippen LogP contribution in [0.25, 0.3) is 0 Å². The van der Waals surface area contributed by atoms with E-state index in [2.05, 4.69) is 10.2 Å². The van der Waals surface area contributed by atoms with Gasteiger partial charge in [0.05, 0.1) is 6.10 Å². The van der Waals surface area contributed by atoms with Crippen LogP contribution in [0.2, 0.25) is 0 Å². The highest BCUT2D eigenvalue weighted by Crippen LogP contribution is 2.30. The summed E-state index contributed by atoms with van der Waals surface area (Å²) < 4.78 is 27.1. The van der Waals surface area contributed by atoms with Crippen LogP contribution in [0.15, 0.2) is 42.5 Å². The highest BCUT2D eigenvalue weighted by molar-refractivity contribution is 5.55. The lowest BCUT2D eigenvalue weighted by Gasteiger charge is -2.34. The Morgan fingerprint density at radius 3 is 2.56 bits per heavy atom. The zero-order chi connectivity index (χ0) is 17.8. The molecular weight excluding hydrogens is 322 g/mol. The van der Waals surface area contributed by atoms with Gasteiger partial charge in [-0.05, 0) is 61.2 Å². The molecule has 134 valence electrons. The maximum absolute atomic E-state index is 13.8. The highest BCUT2D eigenvalue weighted by atomic mass is 19.1. The summed E-state index contributed by atoms with van der Waals surface area (Å²) in [6.07, 6.45) is 1.20. The number of aliphatic hydroxyl groups is 1. The summed E-state index contributed by atoms with van der Waals surface area (Å²) in [5, 5.41) is 13.0. The maximum Gasteiger partial charge on any atom is 0.123 e. The first-order valence-electron chi connectivity index (χ1n) is 8.73. The molecule has 1 saturated heterocycles. The third-order valence-electron chi connectivity index (χ3n) is 4.76. The number of rotatable bonds is 5. The standard InChI is InChI=1S/C20H24F2N2O/c1-14(23-13-15-3-2-4-16(21)11-15)19-12-17(22)5-6-20(19)24-9-7-18(25)8-10-24/h2-6,11-12,14,18,23,25H,7-10,13H2,1H3. The van der Waals surface area contributed by atoms with E-state index in [9.17, 15) is 13.9 Å². The SMILES string of the molecule is CC(NCc1cccc(F)c1)c1cc(F)ccc1N1CCC(O)CC1. The normalized spacial score (nSPS) is 16.9. The van der Waals surface area contributed by atoms with Crippen molar-refractivity contribution >= 4 is 5.69 Å². The zero-order valence-electron chi connectivity index (χ0n) is 14.4. The van der Waals surface area contributed by atoms with Crippen LogP contribution in [0.5, 0.6) is 0 Å². The van der Waals surface area contributed by atoms with Crippen LogP contribution >= 0.6 is 0 Å². The predicted octanol–water partition coefficient (Wildman–Crippen LogP) is 3.78. The molecule has 0 radical (unpaired) electrons. The first-order chi connectivity index (χ1) is 12.0. The van der Waals surface area contributed by atoms with Gasteiger partial charge in [-0.15, -0.1) is 0 Å². The molecule has 1 fully saturated rings. The molecule has 0 bridgehead atoms. The number of halogens is 2. The quantitative estimate of drug-likeness (QED) is 0.865. The summed E-state index contributed by atoms with van der Waals surface area (Å²) in [5.41, 5.74) is 2.73. The molecule has 1 atom stereocenters. The largest absolute Gasteiger partial charge is 0.393 e. The Hall–Kier alpha value is -1.98. The molecule has 2 aromatic rings. The van der Waals surface area contributed by atoms with Gasteiger partial charge in [0.15, 0.2) is 0 Å². The van der Waals surface area contributed by atoms with Crippen molar-refractivity contribution in [2.75, 3.05) is 18.0 Å². The highest BCUT2D eigenvalue weighted by Gasteiger charge is 2.21. The lowest BCUT2D eigenvalue weighted by atomic mass is 10.0. The molecule has 25 heavy (non-hydrogen) atoms. The van der Waals surface area contributed by atoms with E-state index >= 15 is 0 Å². The third kappa shape index (κ3) is 4.55. The number of piperidine rings is 1. The zero-order valence-corrected chi connectivity index (χ0v) is 14.4. The molecule has 5 heteroatoms. The van der Waals surface area contributed by atoms with Gasteiger partial charge in [-0.3, -0.25) is 0 Å². The molecule has 3 nitrogen and oxygen atoms in total. The van der Waals surface area contributed by atoms with Crippen LogP contribution in [0.1, 0.15) is 36.9 Å². The average molecular weight is 346 g/mol. The molecule has 1 unspecified atom stereocenters. The van der Waals surface area contributed by atoms with Gasteiger partial charge in [0, 0.05) is 31.4 Å². The third-order valence-corrected chi connectivity index (χ3v) is 4.76. The summed E-state index contributed by atoms with van der Waals surface area (Å²) in [6.45, 7) is 4.01. The minimum atomic E-state index is -0.268. The van der Waals surface area contributed by atoms with E-state index in [-0.39, 0.29) is 23.8 Å². The molecule has 2 N–H and O–H groups in total. The van der Waals surface area contributed by atoms with Crippen molar-refractivity contribution in [3.8, 4) is 0 Å². The van der Waals surface area contributed by atoms with Gasteiger partial charge in [-0.1, -0.05) is 12.1 Å². The molecule has 2 aromatic carbocycles. The van der Waals surface area contributed by atoms with Crippen molar-refractivity contribution in [3.63, 3.8) is 0 Å². The van der Waals surface area contributed by atoms with E-state index in [0.29, 0.717) is 6.54 Å². The number of aliphatic hydroxyl groups excluding tert-OH is 1. The van der Waals surface area contributed by atoms with Crippen molar-refractivity contribution < 1.29 is 13.9 Å². The van der Waals surface area contributed by atoms with Gasteiger partial charge in [-0.2, -0.15) is 0 Å². The number of hydrogen-bond acceptors (Lipinski definition) is 3. The Morgan fingerprint density at radius 1 is 1.12 bits per heavy atom. The molecule has 0 aromatic heterocycles. The Morgan fingerprint density at radius 2 is 1.84 bits per heavy atom. The van der Waals surface area contributed by atoms with Crippen LogP contribution in [0, 0.1) is 11.6 Å². The number of hydrogen-bond donors (Lipinski definition) is 2. The van der Waals surface area contributed by atoms with E-state index in [4.69, 9.17) is 0 Å². The second kappa shape index (κ2) is 7.93. The second-order valence-corrected chi connectivity index (χ2v) is 6.65. The van der Waals surface area contributed by atoms with Crippen molar-refractivity contribution in [1.29, 1.82) is 0 Å². The maximum atomic E-state index is 13.8. The molecule has 3 rings (SSSR count). The molecule has 1 heterocycles. The molecule has 0 aliphatic carbocycles. The van der Waals surface area contributed by atoms with Gasteiger partial charge in [0.1, 0.15) is 11.6 Å². The summed E-state index contributed by atoms with van der Waals surface area (Å²) in [7, 11) is 0. The summed E-state index contributed by atoms with van der Waals surface area (Å²) in [6, 6.07) is 11.2. The van der Waals surface area contributed by atoms with Crippen LogP contribution in [0.4, 0.5) is 14.5 Å². The average Bonchev–Trinajstić information content (AvgIpc) is 2.60. The number of anilines is 1. The fraction of sp³-hybridized carbons (Fsp3) is 0.400. The molecule has 0 saturated carbocycles. The number of nitrogens with zero attached hydrogens (tertiary/aromatic N) is 1. The topological polar surface area (TPSA) is 35.5 Å². The van der Waals surface area contributed by atoms with Crippen molar-refractivity contribution in [3.05, 3.63) is 65.2 Å². The van der Waals surface area contributed by atoms with E-state index in [1.807, 2.05) is 19.1 Å². The van der Waals surface area contributed by atoms with E-state index in [0.717, 1.165) is 42.7 Å². The molecule has 1 aliphatic heterocycles. The number of nitrogens with one attached hydrogen (secondary N) is 1. The van der Waals surface area contributed by atoms with Crippen LogP contribution in [-0.4, -0.2) is 24.3 Å². The monoisotopic (exact) mass is 346 g/mol. The predicted molar refractivity (Wildman–Crippen MR) is 95.5 cm³/mol. The summed E-state index contributed by atoms with van der Waals surface area (Å²) in [5.74, 6) is -0.527. The fourth-order valence-corrected chi connectivity index (χ4v) is 3.29. The Labute approximate surface area is 147 Å². The van der Waals surface area contributed by atoms with E-state index < -0.39 is 0 Å². The van der Waals surface area contributed by atoms with Gasteiger partial charge in [-0.25, -0.2) is 8.78 Å². The van der Waals surface area contributed by atoms with Crippen molar-refractivity contribution in [1.82, 2.24) is 5.32 Å². The van der Waals surface area contributed by atoms with E-state index in [1.54, 1.807) is 12.1 Å². The van der Waals surface area contributed by atoms with E-state index in [1.165, 1.54) is 18.2 Å². The summed E-state index contributed by atoms with van der Waals surface area (Å²) >= 11 is 0. The second-order valence-electron chi connectivity index (χ2n) is 6.65.